The van der Waals surface area contributed by atoms with Crippen molar-refractivity contribution in [3.05, 3.63) is 11.8 Å². The van der Waals surface area contributed by atoms with Crippen molar-refractivity contribution in [3.8, 4) is 0 Å². The molecule has 2 heterocycles. The SMILES string of the molecule is Cc1cc(NC(=O)NCCN2CCCC(C)C2)no1. The fourth-order valence-corrected chi connectivity index (χ4v) is 2.40. The van der Waals surface area contributed by atoms with E-state index in [2.05, 4.69) is 27.6 Å². The van der Waals surface area contributed by atoms with Crippen LogP contribution in [0.5, 0.6) is 0 Å². The Bertz CT molecular complexity index is 419. The molecule has 0 bridgehead atoms. The van der Waals surface area contributed by atoms with Gasteiger partial charge in [0.1, 0.15) is 5.76 Å². The van der Waals surface area contributed by atoms with Gasteiger partial charge in [0.05, 0.1) is 0 Å². The van der Waals surface area contributed by atoms with Crippen molar-refractivity contribution in [2.75, 3.05) is 31.5 Å². The van der Waals surface area contributed by atoms with Gasteiger partial charge in [0.15, 0.2) is 5.82 Å². The van der Waals surface area contributed by atoms with Crippen LogP contribution in [-0.2, 0) is 0 Å². The average molecular weight is 266 g/mol. The van der Waals surface area contributed by atoms with Crippen molar-refractivity contribution in [1.29, 1.82) is 0 Å². The third-order valence-corrected chi connectivity index (χ3v) is 3.32. The molecule has 1 aliphatic heterocycles. The number of hydrogen-bond donors (Lipinski definition) is 2. The summed E-state index contributed by atoms with van der Waals surface area (Å²) in [5.74, 6) is 1.89. The standard InChI is InChI=1S/C13H22N4O2/c1-10-4-3-6-17(9-10)7-5-14-13(18)15-12-8-11(2)19-16-12/h8,10H,3-7,9H2,1-2H3,(H2,14,15,16,18). The van der Waals surface area contributed by atoms with Crippen LogP contribution in [-0.4, -0.2) is 42.3 Å². The molecule has 1 saturated heterocycles. The summed E-state index contributed by atoms with van der Waals surface area (Å²) in [6, 6.07) is 1.45. The molecule has 2 amide bonds. The first-order valence-corrected chi connectivity index (χ1v) is 6.84. The largest absolute Gasteiger partial charge is 0.360 e. The minimum absolute atomic E-state index is 0.238. The molecule has 2 rings (SSSR count). The van der Waals surface area contributed by atoms with E-state index in [1.165, 1.54) is 12.8 Å². The van der Waals surface area contributed by atoms with Crippen LogP contribution in [0.3, 0.4) is 0 Å². The first-order chi connectivity index (χ1) is 9.13. The molecular weight excluding hydrogens is 244 g/mol. The van der Waals surface area contributed by atoms with E-state index < -0.39 is 0 Å². The number of rotatable bonds is 4. The maximum atomic E-state index is 11.6. The Morgan fingerprint density at radius 2 is 2.47 bits per heavy atom. The van der Waals surface area contributed by atoms with E-state index >= 15 is 0 Å². The summed E-state index contributed by atoms with van der Waals surface area (Å²) >= 11 is 0. The van der Waals surface area contributed by atoms with Crippen LogP contribution in [0.4, 0.5) is 10.6 Å². The molecular formula is C13H22N4O2. The Morgan fingerprint density at radius 3 is 3.16 bits per heavy atom. The van der Waals surface area contributed by atoms with E-state index in [1.807, 2.05) is 0 Å². The summed E-state index contributed by atoms with van der Waals surface area (Å²) in [5.41, 5.74) is 0. The number of carbonyl (C=O) groups is 1. The van der Waals surface area contributed by atoms with Crippen LogP contribution in [0.2, 0.25) is 0 Å². The average Bonchev–Trinajstić information content (AvgIpc) is 2.75. The van der Waals surface area contributed by atoms with Gasteiger partial charge in [0, 0.05) is 25.7 Å². The molecule has 2 N–H and O–H groups in total. The Morgan fingerprint density at radius 1 is 1.63 bits per heavy atom. The summed E-state index contributed by atoms with van der Waals surface area (Å²) in [7, 11) is 0. The Kier molecular flexibility index (Phi) is 4.79. The molecule has 19 heavy (non-hydrogen) atoms. The normalized spacial score (nSPS) is 20.2. The minimum Gasteiger partial charge on any atom is -0.360 e. The Balaban J connectivity index is 1.63. The maximum Gasteiger partial charge on any atom is 0.320 e. The topological polar surface area (TPSA) is 70.4 Å². The number of carbonyl (C=O) groups excluding carboxylic acids is 1. The smallest absolute Gasteiger partial charge is 0.320 e. The van der Waals surface area contributed by atoms with Crippen molar-refractivity contribution in [3.63, 3.8) is 0 Å². The van der Waals surface area contributed by atoms with Gasteiger partial charge in [-0.1, -0.05) is 12.1 Å². The molecule has 0 aliphatic carbocycles. The second-order valence-electron chi connectivity index (χ2n) is 5.25. The highest BCUT2D eigenvalue weighted by Crippen LogP contribution is 2.14. The molecule has 6 heteroatoms. The van der Waals surface area contributed by atoms with Gasteiger partial charge >= 0.3 is 6.03 Å². The molecule has 1 fully saturated rings. The van der Waals surface area contributed by atoms with Crippen LogP contribution in [0.15, 0.2) is 10.6 Å². The molecule has 1 aliphatic rings. The van der Waals surface area contributed by atoms with E-state index in [4.69, 9.17) is 4.52 Å². The maximum absolute atomic E-state index is 11.6. The summed E-state index contributed by atoms with van der Waals surface area (Å²) in [6.45, 7) is 7.87. The van der Waals surface area contributed by atoms with Gasteiger partial charge in [0.2, 0.25) is 0 Å². The number of piperidine rings is 1. The zero-order valence-electron chi connectivity index (χ0n) is 11.6. The van der Waals surface area contributed by atoms with Gasteiger partial charge in [0.25, 0.3) is 0 Å². The number of aromatic nitrogens is 1. The number of nitrogens with zero attached hydrogens (tertiary/aromatic N) is 2. The molecule has 0 saturated carbocycles. The third kappa shape index (κ3) is 4.55. The number of urea groups is 1. The van der Waals surface area contributed by atoms with Crippen molar-refractivity contribution in [2.45, 2.75) is 26.7 Å². The molecule has 0 spiro atoms. The molecule has 0 radical (unpaired) electrons. The number of hydrogen-bond acceptors (Lipinski definition) is 4. The molecule has 1 unspecified atom stereocenters. The van der Waals surface area contributed by atoms with E-state index in [-0.39, 0.29) is 6.03 Å². The van der Waals surface area contributed by atoms with Gasteiger partial charge in [-0.3, -0.25) is 5.32 Å². The molecule has 6 nitrogen and oxygen atoms in total. The molecule has 1 aromatic heterocycles. The van der Waals surface area contributed by atoms with Gasteiger partial charge in [-0.15, -0.1) is 0 Å². The van der Waals surface area contributed by atoms with Crippen molar-refractivity contribution in [1.82, 2.24) is 15.4 Å². The highest BCUT2D eigenvalue weighted by molar-refractivity contribution is 5.88. The molecule has 0 aromatic carbocycles. The number of aryl methyl sites for hydroxylation is 1. The van der Waals surface area contributed by atoms with Crippen LogP contribution in [0, 0.1) is 12.8 Å². The Hall–Kier alpha value is -1.56. The van der Waals surface area contributed by atoms with Crippen molar-refractivity contribution in [2.24, 2.45) is 5.92 Å². The number of nitrogens with one attached hydrogen (secondary N) is 2. The van der Waals surface area contributed by atoms with E-state index in [0.29, 0.717) is 18.1 Å². The first kappa shape index (κ1) is 13.9. The summed E-state index contributed by atoms with van der Waals surface area (Å²) < 4.78 is 4.88. The zero-order valence-corrected chi connectivity index (χ0v) is 11.6. The lowest BCUT2D eigenvalue weighted by Crippen LogP contribution is -2.41. The Labute approximate surface area is 113 Å². The predicted molar refractivity (Wildman–Crippen MR) is 73.1 cm³/mol. The van der Waals surface area contributed by atoms with Gasteiger partial charge in [-0.25, -0.2) is 4.79 Å². The number of likely N-dealkylation sites (tertiary alicyclic amines) is 1. The van der Waals surface area contributed by atoms with Crippen molar-refractivity contribution < 1.29 is 9.32 Å². The first-order valence-electron chi connectivity index (χ1n) is 6.84. The quantitative estimate of drug-likeness (QED) is 0.872. The zero-order chi connectivity index (χ0) is 13.7. The van der Waals surface area contributed by atoms with Crippen LogP contribution >= 0.6 is 0 Å². The lowest BCUT2D eigenvalue weighted by atomic mass is 10.0. The fraction of sp³-hybridized carbons (Fsp3) is 0.692. The summed E-state index contributed by atoms with van der Waals surface area (Å²) in [4.78, 5) is 14.0. The van der Waals surface area contributed by atoms with Gasteiger partial charge < -0.3 is 14.7 Å². The monoisotopic (exact) mass is 266 g/mol. The number of anilines is 1. The van der Waals surface area contributed by atoms with E-state index in [1.54, 1.807) is 13.0 Å². The van der Waals surface area contributed by atoms with Crippen LogP contribution < -0.4 is 10.6 Å². The predicted octanol–water partition coefficient (Wildman–Crippen LogP) is 1.84. The minimum atomic E-state index is -0.238. The van der Waals surface area contributed by atoms with E-state index in [0.717, 1.165) is 25.6 Å². The number of amides is 2. The fourth-order valence-electron chi connectivity index (χ4n) is 2.40. The second-order valence-corrected chi connectivity index (χ2v) is 5.25. The molecule has 106 valence electrons. The third-order valence-electron chi connectivity index (χ3n) is 3.32. The van der Waals surface area contributed by atoms with Crippen LogP contribution in [0.25, 0.3) is 0 Å². The van der Waals surface area contributed by atoms with E-state index in [9.17, 15) is 4.79 Å². The lowest BCUT2D eigenvalue weighted by Gasteiger charge is -2.30. The molecule has 1 atom stereocenters. The van der Waals surface area contributed by atoms with Gasteiger partial charge in [-0.2, -0.15) is 0 Å². The molecule has 1 aromatic rings. The lowest BCUT2D eigenvalue weighted by molar-refractivity contribution is 0.184. The summed E-state index contributed by atoms with van der Waals surface area (Å²) in [5, 5.41) is 9.17. The second kappa shape index (κ2) is 6.56. The van der Waals surface area contributed by atoms with Gasteiger partial charge in [-0.05, 0) is 32.2 Å². The highest BCUT2D eigenvalue weighted by Gasteiger charge is 2.15. The highest BCUT2D eigenvalue weighted by atomic mass is 16.5. The summed E-state index contributed by atoms with van der Waals surface area (Å²) in [6.07, 6.45) is 2.57. The van der Waals surface area contributed by atoms with Crippen molar-refractivity contribution >= 4 is 11.8 Å². The van der Waals surface area contributed by atoms with Crippen LogP contribution in [0.1, 0.15) is 25.5 Å².